The molecule has 0 aromatic heterocycles. The van der Waals surface area contributed by atoms with Crippen LogP contribution in [0.3, 0.4) is 0 Å². The van der Waals surface area contributed by atoms with Crippen molar-refractivity contribution in [2.24, 2.45) is 0 Å². The molecule has 0 unspecified atom stereocenters. The number of hydrogen-bond donors (Lipinski definition) is 1. The Morgan fingerprint density at radius 3 is 2.54 bits per heavy atom. The Kier molecular flexibility index (Phi) is 3.58. The monoisotopic (exact) mass is 182 g/mol. The molecule has 72 valence electrons. The van der Waals surface area contributed by atoms with Crippen molar-refractivity contribution < 1.29 is 15.2 Å². The lowest BCUT2D eigenvalue weighted by Gasteiger charge is -2.08. The van der Waals surface area contributed by atoms with E-state index in [-0.39, 0.29) is 0 Å². The van der Waals surface area contributed by atoms with Crippen molar-refractivity contribution in [3.05, 3.63) is 23.8 Å². The first-order valence-corrected chi connectivity index (χ1v) is 4.32. The van der Waals surface area contributed by atoms with Crippen LogP contribution in [0.25, 0.3) is 0 Å². The third-order valence-corrected chi connectivity index (χ3v) is 1.93. The van der Waals surface area contributed by atoms with E-state index in [2.05, 4.69) is 5.73 Å². The molecule has 3 heteroatoms. The molecule has 1 aromatic rings. The largest absolute Gasteiger partial charge is 0.497 e. The quantitative estimate of drug-likeness (QED) is 0.736. The zero-order chi connectivity index (χ0) is 9.68. The van der Waals surface area contributed by atoms with Gasteiger partial charge in [-0.05, 0) is 18.2 Å². The summed E-state index contributed by atoms with van der Waals surface area (Å²) in [5.41, 5.74) is 4.97. The van der Waals surface area contributed by atoms with Crippen LogP contribution in [0.1, 0.15) is 5.56 Å². The van der Waals surface area contributed by atoms with Crippen LogP contribution in [0, 0.1) is 0 Å². The second-order valence-corrected chi connectivity index (χ2v) is 2.78. The van der Waals surface area contributed by atoms with Crippen molar-refractivity contribution in [3.63, 3.8) is 0 Å². The van der Waals surface area contributed by atoms with E-state index in [9.17, 15) is 0 Å². The van der Waals surface area contributed by atoms with Crippen LogP contribution in [0.15, 0.2) is 18.2 Å². The number of ether oxygens (including phenoxy) is 2. The summed E-state index contributed by atoms with van der Waals surface area (Å²) in [5, 5.41) is 0. The van der Waals surface area contributed by atoms with Gasteiger partial charge in [0.1, 0.15) is 11.5 Å². The van der Waals surface area contributed by atoms with Gasteiger partial charge in [0.25, 0.3) is 0 Å². The van der Waals surface area contributed by atoms with Crippen LogP contribution in [0.2, 0.25) is 0 Å². The van der Waals surface area contributed by atoms with E-state index in [1.54, 1.807) is 14.2 Å². The maximum Gasteiger partial charge on any atom is 0.122 e. The Bertz CT molecular complexity index is 274. The van der Waals surface area contributed by atoms with E-state index in [0.717, 1.165) is 30.0 Å². The molecule has 1 aromatic carbocycles. The lowest BCUT2D eigenvalue weighted by atomic mass is 10.1. The normalized spacial score (nSPS) is 9.77. The summed E-state index contributed by atoms with van der Waals surface area (Å²) in [6.45, 7) is 0.865. The number of quaternary nitrogens is 1. The minimum Gasteiger partial charge on any atom is -0.497 e. The molecule has 3 nitrogen and oxygen atoms in total. The van der Waals surface area contributed by atoms with Gasteiger partial charge in [0, 0.05) is 12.0 Å². The van der Waals surface area contributed by atoms with Crippen LogP contribution >= 0.6 is 0 Å². The summed E-state index contributed by atoms with van der Waals surface area (Å²) in [7, 11) is 3.34. The molecular formula is C10H16NO2+. The summed E-state index contributed by atoms with van der Waals surface area (Å²) in [6, 6.07) is 5.80. The maximum absolute atomic E-state index is 5.21. The van der Waals surface area contributed by atoms with Crippen LogP contribution in [0.5, 0.6) is 11.5 Å². The highest BCUT2D eigenvalue weighted by Crippen LogP contribution is 2.23. The van der Waals surface area contributed by atoms with Crippen LogP contribution in [-0.4, -0.2) is 20.8 Å². The molecule has 0 aliphatic rings. The number of hydrogen-bond acceptors (Lipinski definition) is 2. The maximum atomic E-state index is 5.21. The molecule has 0 atom stereocenters. The van der Waals surface area contributed by atoms with E-state index in [1.165, 1.54) is 0 Å². The third-order valence-electron chi connectivity index (χ3n) is 1.93. The Labute approximate surface area is 78.5 Å². The lowest BCUT2D eigenvalue weighted by Crippen LogP contribution is -2.51. The molecule has 0 bridgehead atoms. The summed E-state index contributed by atoms with van der Waals surface area (Å²) in [5.74, 6) is 1.77. The predicted octanol–water partition coefficient (Wildman–Crippen LogP) is 0.488. The number of benzene rings is 1. The minimum absolute atomic E-state index is 0.865. The van der Waals surface area contributed by atoms with E-state index >= 15 is 0 Å². The Morgan fingerprint density at radius 2 is 2.00 bits per heavy atom. The summed E-state index contributed by atoms with van der Waals surface area (Å²) in [6.07, 6.45) is 0.917. The van der Waals surface area contributed by atoms with Gasteiger partial charge < -0.3 is 15.2 Å². The molecule has 0 saturated carbocycles. The average molecular weight is 182 g/mol. The van der Waals surface area contributed by atoms with E-state index in [0.29, 0.717) is 0 Å². The van der Waals surface area contributed by atoms with E-state index in [1.807, 2.05) is 18.2 Å². The van der Waals surface area contributed by atoms with Crippen LogP contribution < -0.4 is 15.2 Å². The highest BCUT2D eigenvalue weighted by atomic mass is 16.5. The number of methoxy groups -OCH3 is 2. The second-order valence-electron chi connectivity index (χ2n) is 2.78. The fourth-order valence-corrected chi connectivity index (χ4v) is 1.27. The summed E-state index contributed by atoms with van der Waals surface area (Å²) in [4.78, 5) is 0. The summed E-state index contributed by atoms with van der Waals surface area (Å²) < 4.78 is 10.3. The highest BCUT2D eigenvalue weighted by Gasteiger charge is 2.03. The number of rotatable bonds is 4. The molecule has 3 N–H and O–H groups in total. The molecule has 0 heterocycles. The van der Waals surface area contributed by atoms with Gasteiger partial charge in [-0.25, -0.2) is 0 Å². The summed E-state index contributed by atoms with van der Waals surface area (Å²) >= 11 is 0. The minimum atomic E-state index is 0.865. The van der Waals surface area contributed by atoms with Crippen molar-refractivity contribution in [1.29, 1.82) is 0 Å². The fourth-order valence-electron chi connectivity index (χ4n) is 1.27. The molecule has 0 aliphatic heterocycles. The molecule has 0 saturated heterocycles. The molecule has 0 spiro atoms. The van der Waals surface area contributed by atoms with Gasteiger partial charge in [0.2, 0.25) is 0 Å². The molecule has 13 heavy (non-hydrogen) atoms. The van der Waals surface area contributed by atoms with Crippen molar-refractivity contribution >= 4 is 0 Å². The topological polar surface area (TPSA) is 46.1 Å². The second kappa shape index (κ2) is 4.72. The molecule has 0 radical (unpaired) electrons. The highest BCUT2D eigenvalue weighted by molar-refractivity contribution is 5.40. The van der Waals surface area contributed by atoms with Gasteiger partial charge in [-0.3, -0.25) is 0 Å². The van der Waals surface area contributed by atoms with Crippen molar-refractivity contribution in [2.45, 2.75) is 6.42 Å². The lowest BCUT2D eigenvalue weighted by molar-refractivity contribution is -0.366. The van der Waals surface area contributed by atoms with Gasteiger partial charge in [-0.15, -0.1) is 0 Å². The molecular weight excluding hydrogens is 166 g/mol. The third kappa shape index (κ3) is 2.36. The molecule has 0 fully saturated rings. The average Bonchev–Trinajstić information content (AvgIpc) is 2.18. The zero-order valence-electron chi connectivity index (χ0n) is 8.17. The predicted molar refractivity (Wildman–Crippen MR) is 51.0 cm³/mol. The fraction of sp³-hybridized carbons (Fsp3) is 0.400. The van der Waals surface area contributed by atoms with E-state index in [4.69, 9.17) is 9.47 Å². The van der Waals surface area contributed by atoms with Gasteiger partial charge in [0.15, 0.2) is 0 Å². The van der Waals surface area contributed by atoms with Gasteiger partial charge in [0.05, 0.1) is 20.8 Å². The standard InChI is InChI=1S/C10H15NO2/c1-12-9-3-4-10(13-2)8(7-9)5-6-11/h3-4,7H,5-6,11H2,1-2H3/p+1. The SMILES string of the molecule is COc1ccc(OC)c(CC[NH3+])c1. The molecule has 0 amide bonds. The van der Waals surface area contributed by atoms with Crippen molar-refractivity contribution in [2.75, 3.05) is 20.8 Å². The molecule has 1 rings (SSSR count). The smallest absolute Gasteiger partial charge is 0.122 e. The first kappa shape index (κ1) is 9.86. The zero-order valence-corrected chi connectivity index (χ0v) is 8.17. The first-order valence-electron chi connectivity index (χ1n) is 4.32. The Hall–Kier alpha value is -1.22. The van der Waals surface area contributed by atoms with Crippen molar-refractivity contribution in [3.8, 4) is 11.5 Å². The van der Waals surface area contributed by atoms with E-state index < -0.39 is 0 Å². The molecule has 0 aliphatic carbocycles. The Morgan fingerprint density at radius 1 is 1.23 bits per heavy atom. The van der Waals surface area contributed by atoms with Gasteiger partial charge >= 0.3 is 0 Å². The Balaban J connectivity index is 2.95. The van der Waals surface area contributed by atoms with Crippen LogP contribution in [-0.2, 0) is 6.42 Å². The van der Waals surface area contributed by atoms with Crippen LogP contribution in [0.4, 0.5) is 0 Å². The van der Waals surface area contributed by atoms with Gasteiger partial charge in [-0.2, -0.15) is 0 Å². The van der Waals surface area contributed by atoms with Crippen molar-refractivity contribution in [1.82, 2.24) is 0 Å². The van der Waals surface area contributed by atoms with Gasteiger partial charge in [-0.1, -0.05) is 0 Å². The first-order chi connectivity index (χ1) is 6.31.